The molecule has 1 N–H and O–H groups in total. The van der Waals surface area contributed by atoms with Gasteiger partial charge in [-0.3, -0.25) is 4.79 Å². The molecule has 0 spiro atoms. The molecule has 2 aromatic rings. The number of unbranched alkanes of at least 4 members (excludes halogenated alkanes) is 1. The maximum absolute atomic E-state index is 12.0. The van der Waals surface area contributed by atoms with Crippen molar-refractivity contribution in [3.63, 3.8) is 0 Å². The quantitative estimate of drug-likeness (QED) is 0.189. The van der Waals surface area contributed by atoms with Gasteiger partial charge in [0.15, 0.2) is 0 Å². The standard InChI is InChI=1S/C26H39N5O4S/c1-25(2,3)34-22(32)10-7-8-17-31(18-9-15-28-24(33)35-26(4,5)6)21-13-11-20(12-14-21)29-30-23-27-16-19-36-23/h11-14,16,19H,7-10,15,17-18H2,1-6H3,(H,28,33). The summed E-state index contributed by atoms with van der Waals surface area (Å²) in [4.78, 5) is 30.3. The summed E-state index contributed by atoms with van der Waals surface area (Å²) in [6, 6.07) is 7.84. The minimum Gasteiger partial charge on any atom is -0.460 e. The molecule has 10 heteroatoms. The highest BCUT2D eigenvalue weighted by Crippen LogP contribution is 2.24. The van der Waals surface area contributed by atoms with E-state index in [1.54, 1.807) is 6.20 Å². The van der Waals surface area contributed by atoms with Crippen LogP contribution in [0.3, 0.4) is 0 Å². The van der Waals surface area contributed by atoms with Gasteiger partial charge in [0.05, 0.1) is 5.69 Å². The first-order chi connectivity index (χ1) is 16.9. The van der Waals surface area contributed by atoms with E-state index >= 15 is 0 Å². The summed E-state index contributed by atoms with van der Waals surface area (Å²) >= 11 is 1.43. The van der Waals surface area contributed by atoms with Crippen molar-refractivity contribution in [1.82, 2.24) is 10.3 Å². The average Bonchev–Trinajstić information content (AvgIpc) is 3.28. The molecule has 1 amide bonds. The van der Waals surface area contributed by atoms with Gasteiger partial charge in [-0.1, -0.05) is 0 Å². The van der Waals surface area contributed by atoms with E-state index in [1.807, 2.05) is 71.2 Å². The van der Waals surface area contributed by atoms with Gasteiger partial charge in [0, 0.05) is 43.3 Å². The Labute approximate surface area is 218 Å². The van der Waals surface area contributed by atoms with Gasteiger partial charge in [-0.2, -0.15) is 0 Å². The Balaban J connectivity index is 1.92. The third-order valence-electron chi connectivity index (χ3n) is 4.64. The molecule has 9 nitrogen and oxygen atoms in total. The number of carbonyl (C=O) groups is 2. The van der Waals surface area contributed by atoms with Crippen LogP contribution >= 0.6 is 11.3 Å². The molecular formula is C26H39N5O4S. The van der Waals surface area contributed by atoms with Crippen LogP contribution in [0.2, 0.25) is 0 Å². The van der Waals surface area contributed by atoms with Gasteiger partial charge in [0.25, 0.3) is 0 Å². The minimum atomic E-state index is -0.525. The molecule has 0 aliphatic rings. The maximum atomic E-state index is 12.0. The highest BCUT2D eigenvalue weighted by molar-refractivity contribution is 7.13. The van der Waals surface area contributed by atoms with Crippen molar-refractivity contribution in [2.45, 2.75) is 78.4 Å². The van der Waals surface area contributed by atoms with Gasteiger partial charge in [-0.25, -0.2) is 9.78 Å². The van der Waals surface area contributed by atoms with Gasteiger partial charge >= 0.3 is 12.1 Å². The zero-order valence-electron chi connectivity index (χ0n) is 22.2. The number of esters is 1. The van der Waals surface area contributed by atoms with Crippen LogP contribution in [0.5, 0.6) is 0 Å². The zero-order valence-corrected chi connectivity index (χ0v) is 23.1. The number of nitrogens with zero attached hydrogens (tertiary/aromatic N) is 4. The Bertz CT molecular complexity index is 928. The predicted octanol–water partition coefficient (Wildman–Crippen LogP) is 6.79. The van der Waals surface area contributed by atoms with E-state index in [9.17, 15) is 9.59 Å². The summed E-state index contributed by atoms with van der Waals surface area (Å²) in [5.41, 5.74) is 0.786. The summed E-state index contributed by atoms with van der Waals surface area (Å²) in [6.45, 7) is 13.2. The second-order valence-corrected chi connectivity index (χ2v) is 11.2. The van der Waals surface area contributed by atoms with Crippen LogP contribution < -0.4 is 10.2 Å². The fourth-order valence-corrected chi connectivity index (χ4v) is 3.66. The summed E-state index contributed by atoms with van der Waals surface area (Å²) in [5, 5.41) is 13.7. The average molecular weight is 518 g/mol. The number of carbonyl (C=O) groups excluding carboxylic acids is 2. The second-order valence-electron chi connectivity index (χ2n) is 10.3. The normalized spacial score (nSPS) is 11.9. The third kappa shape index (κ3) is 12.6. The highest BCUT2D eigenvalue weighted by Gasteiger charge is 2.17. The van der Waals surface area contributed by atoms with Crippen molar-refractivity contribution >= 4 is 39.9 Å². The fourth-order valence-electron chi connectivity index (χ4n) is 3.21. The number of amides is 1. The molecule has 0 unspecified atom stereocenters. The van der Waals surface area contributed by atoms with Crippen LogP contribution in [0.25, 0.3) is 0 Å². The third-order valence-corrected chi connectivity index (χ3v) is 5.29. The van der Waals surface area contributed by atoms with E-state index in [0.717, 1.165) is 43.7 Å². The van der Waals surface area contributed by atoms with Crippen LogP contribution in [0.15, 0.2) is 46.1 Å². The van der Waals surface area contributed by atoms with E-state index in [2.05, 4.69) is 25.4 Å². The van der Waals surface area contributed by atoms with E-state index in [1.165, 1.54) is 11.3 Å². The second kappa shape index (κ2) is 13.9. The molecule has 36 heavy (non-hydrogen) atoms. The largest absolute Gasteiger partial charge is 0.460 e. The number of benzene rings is 1. The molecule has 0 aliphatic carbocycles. The Morgan fingerprint density at radius 1 is 0.944 bits per heavy atom. The maximum Gasteiger partial charge on any atom is 0.407 e. The van der Waals surface area contributed by atoms with Gasteiger partial charge in [0.2, 0.25) is 5.13 Å². The smallest absolute Gasteiger partial charge is 0.407 e. The lowest BCUT2D eigenvalue weighted by molar-refractivity contribution is -0.154. The SMILES string of the molecule is CC(C)(C)OC(=O)CCCCN(CCCNC(=O)OC(C)(C)C)c1ccc(N=Nc2nccs2)cc1. The number of alkyl carbamates (subject to hydrolysis) is 1. The molecule has 0 saturated heterocycles. The number of hydrogen-bond donors (Lipinski definition) is 1. The Hall–Kier alpha value is -3.01. The van der Waals surface area contributed by atoms with Crippen molar-refractivity contribution in [2.75, 3.05) is 24.5 Å². The molecule has 2 rings (SSSR count). The molecule has 1 aromatic heterocycles. The lowest BCUT2D eigenvalue weighted by Crippen LogP contribution is -2.34. The number of rotatable bonds is 12. The first-order valence-corrected chi connectivity index (χ1v) is 13.1. The number of nitrogens with one attached hydrogen (secondary N) is 1. The first-order valence-electron chi connectivity index (χ1n) is 12.3. The monoisotopic (exact) mass is 517 g/mol. The number of hydrogen-bond acceptors (Lipinski definition) is 9. The molecule has 0 atom stereocenters. The van der Waals surface area contributed by atoms with Crippen molar-refractivity contribution in [2.24, 2.45) is 10.2 Å². The fraction of sp³-hybridized carbons (Fsp3) is 0.577. The van der Waals surface area contributed by atoms with E-state index in [0.29, 0.717) is 18.1 Å². The van der Waals surface area contributed by atoms with E-state index in [4.69, 9.17) is 9.47 Å². The summed E-state index contributed by atoms with van der Waals surface area (Å²) in [6.07, 6.45) is 3.99. The zero-order chi connectivity index (χ0) is 26.6. The number of azo groups is 1. The number of aromatic nitrogens is 1. The lowest BCUT2D eigenvalue weighted by Gasteiger charge is -2.25. The Kier molecular flexibility index (Phi) is 11.3. The summed E-state index contributed by atoms with van der Waals surface area (Å²) in [7, 11) is 0. The van der Waals surface area contributed by atoms with Crippen molar-refractivity contribution in [3.05, 3.63) is 35.8 Å². The van der Waals surface area contributed by atoms with Crippen LogP contribution in [0.1, 0.15) is 67.2 Å². The molecule has 198 valence electrons. The van der Waals surface area contributed by atoms with E-state index in [-0.39, 0.29) is 5.97 Å². The number of thiazole rings is 1. The topological polar surface area (TPSA) is 105 Å². The van der Waals surface area contributed by atoms with Crippen LogP contribution in [-0.4, -0.2) is 47.9 Å². The molecule has 1 heterocycles. The van der Waals surface area contributed by atoms with Crippen molar-refractivity contribution in [3.8, 4) is 0 Å². The Morgan fingerprint density at radius 3 is 2.22 bits per heavy atom. The van der Waals surface area contributed by atoms with Gasteiger partial charge in [-0.15, -0.1) is 21.6 Å². The molecule has 0 saturated carbocycles. The Morgan fingerprint density at radius 2 is 1.61 bits per heavy atom. The molecule has 1 aromatic carbocycles. The predicted molar refractivity (Wildman–Crippen MR) is 143 cm³/mol. The van der Waals surface area contributed by atoms with Gasteiger partial charge in [0.1, 0.15) is 11.2 Å². The van der Waals surface area contributed by atoms with Crippen LogP contribution in [0, 0.1) is 0 Å². The molecule has 0 bridgehead atoms. The van der Waals surface area contributed by atoms with E-state index < -0.39 is 17.3 Å². The first kappa shape index (κ1) is 29.2. The minimum absolute atomic E-state index is 0.175. The van der Waals surface area contributed by atoms with Crippen LogP contribution in [0.4, 0.5) is 21.3 Å². The van der Waals surface area contributed by atoms with Crippen LogP contribution in [-0.2, 0) is 14.3 Å². The summed E-state index contributed by atoms with van der Waals surface area (Å²) in [5.74, 6) is -0.175. The van der Waals surface area contributed by atoms with Gasteiger partial charge < -0.3 is 19.7 Å². The lowest BCUT2D eigenvalue weighted by atomic mass is 10.1. The highest BCUT2D eigenvalue weighted by atomic mass is 32.1. The number of ether oxygens (including phenoxy) is 2. The van der Waals surface area contributed by atoms with Crippen molar-refractivity contribution in [1.29, 1.82) is 0 Å². The molecular weight excluding hydrogens is 478 g/mol. The number of anilines is 1. The molecule has 0 fully saturated rings. The molecule has 0 radical (unpaired) electrons. The van der Waals surface area contributed by atoms with Gasteiger partial charge in [-0.05, 0) is 85.1 Å². The summed E-state index contributed by atoms with van der Waals surface area (Å²) < 4.78 is 10.7. The molecule has 0 aliphatic heterocycles. The van der Waals surface area contributed by atoms with Crippen molar-refractivity contribution < 1.29 is 19.1 Å².